The number of nitrogens with zero attached hydrogens (tertiary/aromatic N) is 4. The highest BCUT2D eigenvalue weighted by molar-refractivity contribution is 5.79. The predicted octanol–water partition coefficient (Wildman–Crippen LogP) is 1.82. The summed E-state index contributed by atoms with van der Waals surface area (Å²) in [4.78, 5) is 21.1. The zero-order valence-electron chi connectivity index (χ0n) is 15.5. The third kappa shape index (κ3) is 3.90. The number of amides is 1. The van der Waals surface area contributed by atoms with Gasteiger partial charge in [-0.15, -0.1) is 0 Å². The van der Waals surface area contributed by atoms with E-state index in [2.05, 4.69) is 15.0 Å². The Bertz CT molecular complexity index is 762. The van der Waals surface area contributed by atoms with E-state index in [4.69, 9.17) is 14.0 Å². The predicted molar refractivity (Wildman–Crippen MR) is 98.6 cm³/mol. The van der Waals surface area contributed by atoms with Crippen molar-refractivity contribution in [1.29, 1.82) is 0 Å². The monoisotopic (exact) mass is 372 g/mol. The third-order valence-corrected chi connectivity index (χ3v) is 5.20. The average molecular weight is 372 g/mol. The summed E-state index contributed by atoms with van der Waals surface area (Å²) in [5.74, 6) is 1.67. The minimum atomic E-state index is 0.0725. The summed E-state index contributed by atoms with van der Waals surface area (Å²) in [6, 6.07) is 8.06. The number of piperidine rings is 1. The molecule has 0 spiro atoms. The van der Waals surface area contributed by atoms with Gasteiger partial charge in [0.25, 0.3) is 0 Å². The molecule has 3 heterocycles. The fourth-order valence-electron chi connectivity index (χ4n) is 3.56. The van der Waals surface area contributed by atoms with Gasteiger partial charge in [0.1, 0.15) is 5.75 Å². The van der Waals surface area contributed by atoms with Crippen molar-refractivity contribution >= 4 is 11.9 Å². The first-order valence-corrected chi connectivity index (χ1v) is 9.34. The topological polar surface area (TPSA) is 80.9 Å². The summed E-state index contributed by atoms with van der Waals surface area (Å²) in [6.45, 7) is 4.17. The Hall–Kier alpha value is -2.61. The molecule has 0 bridgehead atoms. The molecule has 0 saturated carbocycles. The summed E-state index contributed by atoms with van der Waals surface area (Å²) < 4.78 is 15.9. The first-order chi connectivity index (χ1) is 13.2. The van der Waals surface area contributed by atoms with Crippen LogP contribution in [0, 0.1) is 5.92 Å². The molecule has 2 aromatic rings. The lowest BCUT2D eigenvalue weighted by molar-refractivity contribution is -0.140. The van der Waals surface area contributed by atoms with Gasteiger partial charge < -0.3 is 23.8 Å². The molecule has 144 valence electrons. The number of morpholine rings is 1. The molecule has 0 atom stereocenters. The fraction of sp³-hybridized carbons (Fsp3) is 0.526. The van der Waals surface area contributed by atoms with Crippen molar-refractivity contribution in [2.24, 2.45) is 5.92 Å². The molecular formula is C19H24N4O4. The number of hydrogen-bond donors (Lipinski definition) is 0. The van der Waals surface area contributed by atoms with E-state index in [1.165, 1.54) is 0 Å². The third-order valence-electron chi connectivity index (χ3n) is 5.20. The number of ether oxygens (including phenoxy) is 2. The number of anilines is 1. The maximum absolute atomic E-state index is 12.6. The molecule has 8 nitrogen and oxygen atoms in total. The van der Waals surface area contributed by atoms with Crippen LogP contribution >= 0.6 is 0 Å². The van der Waals surface area contributed by atoms with Crippen LogP contribution in [0.3, 0.4) is 0 Å². The van der Waals surface area contributed by atoms with Gasteiger partial charge in [0.15, 0.2) is 0 Å². The lowest BCUT2D eigenvalue weighted by Crippen LogP contribution is -2.46. The Morgan fingerprint density at radius 3 is 2.48 bits per heavy atom. The second kappa shape index (κ2) is 7.96. The van der Waals surface area contributed by atoms with Gasteiger partial charge in [0.2, 0.25) is 11.7 Å². The lowest BCUT2D eigenvalue weighted by atomic mass is 9.95. The van der Waals surface area contributed by atoms with E-state index in [0.29, 0.717) is 38.1 Å². The van der Waals surface area contributed by atoms with Crippen molar-refractivity contribution < 1.29 is 18.8 Å². The Labute approximate surface area is 158 Å². The van der Waals surface area contributed by atoms with Gasteiger partial charge in [0, 0.05) is 37.7 Å². The van der Waals surface area contributed by atoms with Crippen LogP contribution in [-0.2, 0) is 9.53 Å². The smallest absolute Gasteiger partial charge is 0.324 e. The molecular weight excluding hydrogens is 348 g/mol. The summed E-state index contributed by atoms with van der Waals surface area (Å²) >= 11 is 0. The first kappa shape index (κ1) is 17.8. The molecule has 4 rings (SSSR count). The molecule has 0 aliphatic carbocycles. The van der Waals surface area contributed by atoms with Crippen LogP contribution in [0.4, 0.5) is 6.01 Å². The molecule has 1 aromatic heterocycles. The van der Waals surface area contributed by atoms with Crippen LogP contribution in [-0.4, -0.2) is 67.5 Å². The van der Waals surface area contributed by atoms with Gasteiger partial charge in [-0.25, -0.2) is 0 Å². The highest BCUT2D eigenvalue weighted by Gasteiger charge is 2.31. The van der Waals surface area contributed by atoms with Crippen LogP contribution < -0.4 is 9.64 Å². The van der Waals surface area contributed by atoms with E-state index >= 15 is 0 Å². The highest BCUT2D eigenvalue weighted by atomic mass is 16.5. The van der Waals surface area contributed by atoms with E-state index < -0.39 is 0 Å². The molecule has 2 fully saturated rings. The SMILES string of the molecule is COc1ccc(-c2noc(N3CCC(C(=O)N4CCOCC4)CC3)n2)cc1. The number of methoxy groups -OCH3 is 1. The molecule has 2 aliphatic rings. The normalized spacial score (nSPS) is 18.6. The quantitative estimate of drug-likeness (QED) is 0.810. The van der Waals surface area contributed by atoms with Crippen molar-refractivity contribution in [3.05, 3.63) is 24.3 Å². The minimum Gasteiger partial charge on any atom is -0.497 e. The maximum Gasteiger partial charge on any atom is 0.324 e. The number of carbonyl (C=O) groups is 1. The number of hydrogen-bond acceptors (Lipinski definition) is 7. The zero-order valence-corrected chi connectivity index (χ0v) is 15.5. The molecule has 1 amide bonds. The molecule has 27 heavy (non-hydrogen) atoms. The summed E-state index contributed by atoms with van der Waals surface area (Å²) in [6.07, 6.45) is 1.60. The van der Waals surface area contributed by atoms with Crippen LogP contribution in [0.15, 0.2) is 28.8 Å². The fourth-order valence-corrected chi connectivity index (χ4v) is 3.56. The summed E-state index contributed by atoms with van der Waals surface area (Å²) in [5.41, 5.74) is 0.878. The molecule has 1 aromatic carbocycles. The number of aromatic nitrogens is 2. The van der Waals surface area contributed by atoms with Crippen molar-refractivity contribution in [3.8, 4) is 17.1 Å². The van der Waals surface area contributed by atoms with E-state index in [1.54, 1.807) is 7.11 Å². The van der Waals surface area contributed by atoms with E-state index in [-0.39, 0.29) is 11.8 Å². The standard InChI is InChI=1S/C19H24N4O4/c1-25-16-4-2-14(3-5-16)17-20-19(27-21-17)23-8-6-15(7-9-23)18(24)22-10-12-26-13-11-22/h2-5,15H,6-13H2,1H3. The van der Waals surface area contributed by atoms with E-state index in [0.717, 1.165) is 37.2 Å². The molecule has 0 radical (unpaired) electrons. The van der Waals surface area contributed by atoms with Crippen molar-refractivity contribution in [2.45, 2.75) is 12.8 Å². The number of rotatable bonds is 4. The molecule has 2 aliphatic heterocycles. The largest absolute Gasteiger partial charge is 0.497 e. The number of carbonyl (C=O) groups excluding carboxylic acids is 1. The lowest BCUT2D eigenvalue weighted by Gasteiger charge is -2.34. The summed E-state index contributed by atoms with van der Waals surface area (Å²) in [7, 11) is 1.63. The molecule has 0 N–H and O–H groups in total. The number of benzene rings is 1. The minimum absolute atomic E-state index is 0.0725. The Morgan fingerprint density at radius 1 is 1.11 bits per heavy atom. The van der Waals surface area contributed by atoms with E-state index in [1.807, 2.05) is 29.2 Å². The summed E-state index contributed by atoms with van der Waals surface area (Å²) in [5, 5.41) is 4.09. The van der Waals surface area contributed by atoms with Crippen LogP contribution in [0.25, 0.3) is 11.4 Å². The maximum atomic E-state index is 12.6. The Morgan fingerprint density at radius 2 is 1.81 bits per heavy atom. The van der Waals surface area contributed by atoms with Gasteiger partial charge in [-0.1, -0.05) is 5.16 Å². The zero-order chi connectivity index (χ0) is 18.6. The van der Waals surface area contributed by atoms with Crippen LogP contribution in [0.1, 0.15) is 12.8 Å². The average Bonchev–Trinajstić information content (AvgIpc) is 3.24. The molecule has 0 unspecified atom stereocenters. The van der Waals surface area contributed by atoms with Gasteiger partial charge in [0.05, 0.1) is 20.3 Å². The van der Waals surface area contributed by atoms with Gasteiger partial charge >= 0.3 is 6.01 Å². The highest BCUT2D eigenvalue weighted by Crippen LogP contribution is 2.26. The van der Waals surface area contributed by atoms with Gasteiger partial charge in [-0.3, -0.25) is 4.79 Å². The molecule has 2 saturated heterocycles. The van der Waals surface area contributed by atoms with Gasteiger partial charge in [-0.2, -0.15) is 4.98 Å². The van der Waals surface area contributed by atoms with Gasteiger partial charge in [-0.05, 0) is 37.1 Å². The second-order valence-corrected chi connectivity index (χ2v) is 6.83. The second-order valence-electron chi connectivity index (χ2n) is 6.83. The van der Waals surface area contributed by atoms with Crippen LogP contribution in [0.2, 0.25) is 0 Å². The Balaban J connectivity index is 1.35. The molecule has 8 heteroatoms. The Kier molecular flexibility index (Phi) is 5.24. The van der Waals surface area contributed by atoms with E-state index in [9.17, 15) is 4.79 Å². The van der Waals surface area contributed by atoms with Crippen molar-refractivity contribution in [1.82, 2.24) is 15.0 Å². The van der Waals surface area contributed by atoms with Crippen molar-refractivity contribution in [3.63, 3.8) is 0 Å². The van der Waals surface area contributed by atoms with Crippen LogP contribution in [0.5, 0.6) is 5.75 Å². The first-order valence-electron chi connectivity index (χ1n) is 9.34. The van der Waals surface area contributed by atoms with Crippen molar-refractivity contribution in [2.75, 3.05) is 51.4 Å².